The number of nitrogens with zero attached hydrogens (tertiary/aromatic N) is 3. The third kappa shape index (κ3) is 1.86. The summed E-state index contributed by atoms with van der Waals surface area (Å²) in [6.07, 6.45) is 2.76. The number of methoxy groups -OCH3 is 1. The minimum absolute atomic E-state index is 0.221. The summed E-state index contributed by atoms with van der Waals surface area (Å²) in [6, 6.07) is 8.05. The van der Waals surface area contributed by atoms with Crippen LogP contribution in [-0.4, -0.2) is 28.1 Å². The summed E-state index contributed by atoms with van der Waals surface area (Å²) in [5.74, 6) is 0.842. The summed E-state index contributed by atoms with van der Waals surface area (Å²) in [5.41, 5.74) is 9.17. The molecule has 2 N–H and O–H groups in total. The lowest BCUT2D eigenvalue weighted by Gasteiger charge is -2.17. The van der Waals surface area contributed by atoms with E-state index in [1.807, 2.05) is 28.9 Å². The van der Waals surface area contributed by atoms with Crippen molar-refractivity contribution in [2.45, 2.75) is 25.3 Å². The van der Waals surface area contributed by atoms with Gasteiger partial charge in [-0.05, 0) is 37.1 Å². The number of nitrogens with two attached hydrogens (primary N) is 1. The SMILES string of the molecule is COc1ccc(-n2nnc3c2CCC(N)C3)cc1. The van der Waals surface area contributed by atoms with Crippen LogP contribution in [0.3, 0.4) is 0 Å². The molecule has 1 aromatic carbocycles. The first-order valence-electron chi connectivity index (χ1n) is 6.11. The van der Waals surface area contributed by atoms with Gasteiger partial charge in [0, 0.05) is 12.5 Å². The summed E-state index contributed by atoms with van der Waals surface area (Å²) < 4.78 is 7.05. The van der Waals surface area contributed by atoms with Gasteiger partial charge < -0.3 is 10.5 Å². The lowest BCUT2D eigenvalue weighted by atomic mass is 9.96. The van der Waals surface area contributed by atoms with Crippen molar-refractivity contribution in [1.82, 2.24) is 15.0 Å². The van der Waals surface area contributed by atoms with Crippen molar-refractivity contribution in [1.29, 1.82) is 0 Å². The quantitative estimate of drug-likeness (QED) is 0.858. The average molecular weight is 244 g/mol. The van der Waals surface area contributed by atoms with E-state index in [1.54, 1.807) is 7.11 Å². The van der Waals surface area contributed by atoms with Gasteiger partial charge in [0.2, 0.25) is 0 Å². The predicted molar refractivity (Wildman–Crippen MR) is 67.9 cm³/mol. The Labute approximate surface area is 106 Å². The number of aromatic nitrogens is 3. The highest BCUT2D eigenvalue weighted by Crippen LogP contribution is 2.22. The highest BCUT2D eigenvalue weighted by Gasteiger charge is 2.22. The fourth-order valence-electron chi connectivity index (χ4n) is 2.34. The molecule has 18 heavy (non-hydrogen) atoms. The van der Waals surface area contributed by atoms with E-state index >= 15 is 0 Å². The van der Waals surface area contributed by atoms with Crippen LogP contribution in [0.25, 0.3) is 5.69 Å². The van der Waals surface area contributed by atoms with Crippen molar-refractivity contribution in [2.75, 3.05) is 7.11 Å². The van der Waals surface area contributed by atoms with Crippen LogP contribution in [0.5, 0.6) is 5.75 Å². The zero-order valence-corrected chi connectivity index (χ0v) is 10.3. The average Bonchev–Trinajstić information content (AvgIpc) is 2.81. The highest BCUT2D eigenvalue weighted by molar-refractivity contribution is 5.38. The van der Waals surface area contributed by atoms with E-state index in [0.717, 1.165) is 36.4 Å². The fourth-order valence-corrected chi connectivity index (χ4v) is 2.34. The molecule has 0 saturated heterocycles. The molecule has 1 atom stereocenters. The minimum Gasteiger partial charge on any atom is -0.497 e. The van der Waals surface area contributed by atoms with Crippen molar-refractivity contribution in [2.24, 2.45) is 5.73 Å². The van der Waals surface area contributed by atoms with E-state index in [4.69, 9.17) is 10.5 Å². The van der Waals surface area contributed by atoms with Crippen LogP contribution in [0, 0.1) is 0 Å². The maximum Gasteiger partial charge on any atom is 0.119 e. The van der Waals surface area contributed by atoms with Gasteiger partial charge in [0.15, 0.2) is 0 Å². The van der Waals surface area contributed by atoms with Crippen LogP contribution in [0.15, 0.2) is 24.3 Å². The maximum atomic E-state index is 5.94. The Hall–Kier alpha value is -1.88. The number of hydrogen-bond donors (Lipinski definition) is 1. The highest BCUT2D eigenvalue weighted by atomic mass is 16.5. The van der Waals surface area contributed by atoms with E-state index in [-0.39, 0.29) is 6.04 Å². The van der Waals surface area contributed by atoms with Gasteiger partial charge in [0.1, 0.15) is 5.75 Å². The second-order valence-corrected chi connectivity index (χ2v) is 4.60. The Kier molecular flexibility index (Phi) is 2.76. The van der Waals surface area contributed by atoms with Gasteiger partial charge >= 0.3 is 0 Å². The third-order valence-corrected chi connectivity index (χ3v) is 3.37. The second-order valence-electron chi connectivity index (χ2n) is 4.60. The van der Waals surface area contributed by atoms with Gasteiger partial charge in [0.25, 0.3) is 0 Å². The molecule has 0 aliphatic heterocycles. The van der Waals surface area contributed by atoms with Crippen LogP contribution < -0.4 is 10.5 Å². The lowest BCUT2D eigenvalue weighted by molar-refractivity contribution is 0.414. The van der Waals surface area contributed by atoms with Gasteiger partial charge in [-0.15, -0.1) is 5.10 Å². The number of rotatable bonds is 2. The molecule has 5 heteroatoms. The summed E-state index contributed by atoms with van der Waals surface area (Å²) in [4.78, 5) is 0. The van der Waals surface area contributed by atoms with E-state index in [0.29, 0.717) is 0 Å². The Morgan fingerprint density at radius 2 is 2.11 bits per heavy atom. The van der Waals surface area contributed by atoms with Gasteiger partial charge in [-0.1, -0.05) is 5.21 Å². The lowest BCUT2D eigenvalue weighted by Crippen LogP contribution is -2.28. The van der Waals surface area contributed by atoms with Gasteiger partial charge in [-0.3, -0.25) is 0 Å². The molecular formula is C13H16N4O. The Morgan fingerprint density at radius 1 is 1.33 bits per heavy atom. The van der Waals surface area contributed by atoms with Crippen LogP contribution in [-0.2, 0) is 12.8 Å². The first-order chi connectivity index (χ1) is 8.78. The minimum atomic E-state index is 0.221. The van der Waals surface area contributed by atoms with Crippen LogP contribution in [0.4, 0.5) is 0 Å². The van der Waals surface area contributed by atoms with Crippen LogP contribution in [0.2, 0.25) is 0 Å². The third-order valence-electron chi connectivity index (χ3n) is 3.37. The van der Waals surface area contributed by atoms with Crippen molar-refractivity contribution in [3.8, 4) is 11.4 Å². The topological polar surface area (TPSA) is 66.0 Å². The zero-order chi connectivity index (χ0) is 12.5. The molecule has 3 rings (SSSR count). The van der Waals surface area contributed by atoms with E-state index in [9.17, 15) is 0 Å². The molecule has 0 radical (unpaired) electrons. The Balaban J connectivity index is 1.97. The summed E-state index contributed by atoms with van der Waals surface area (Å²) in [7, 11) is 1.66. The van der Waals surface area contributed by atoms with Crippen LogP contribution in [0.1, 0.15) is 17.8 Å². The predicted octanol–water partition coefficient (Wildman–Crippen LogP) is 1.09. The first kappa shape index (κ1) is 11.2. The molecule has 0 spiro atoms. The Bertz CT molecular complexity index is 547. The molecule has 1 aliphatic rings. The molecule has 0 amide bonds. The molecule has 2 aromatic rings. The second kappa shape index (κ2) is 4.42. The normalized spacial score (nSPS) is 18.4. The summed E-state index contributed by atoms with van der Waals surface area (Å²) in [6.45, 7) is 0. The fraction of sp³-hybridized carbons (Fsp3) is 0.385. The molecule has 1 aliphatic carbocycles. The van der Waals surface area contributed by atoms with Gasteiger partial charge in [0.05, 0.1) is 24.2 Å². The first-order valence-corrected chi connectivity index (χ1v) is 6.11. The zero-order valence-electron chi connectivity index (χ0n) is 10.3. The van der Waals surface area contributed by atoms with Crippen molar-refractivity contribution in [3.05, 3.63) is 35.7 Å². The number of benzene rings is 1. The smallest absolute Gasteiger partial charge is 0.119 e. The van der Waals surface area contributed by atoms with Crippen molar-refractivity contribution in [3.63, 3.8) is 0 Å². The largest absolute Gasteiger partial charge is 0.497 e. The molecule has 0 bridgehead atoms. The molecule has 94 valence electrons. The molecule has 0 fully saturated rings. The Morgan fingerprint density at radius 3 is 2.83 bits per heavy atom. The van der Waals surface area contributed by atoms with Gasteiger partial charge in [-0.25, -0.2) is 4.68 Å². The molecular weight excluding hydrogens is 228 g/mol. The van der Waals surface area contributed by atoms with Crippen LogP contribution >= 0.6 is 0 Å². The number of fused-ring (bicyclic) bond motifs is 1. The molecule has 5 nitrogen and oxygen atoms in total. The molecule has 0 saturated carbocycles. The molecule has 1 aromatic heterocycles. The van der Waals surface area contributed by atoms with Gasteiger partial charge in [-0.2, -0.15) is 0 Å². The molecule has 1 unspecified atom stereocenters. The number of hydrogen-bond acceptors (Lipinski definition) is 4. The van der Waals surface area contributed by atoms with E-state index < -0.39 is 0 Å². The standard InChI is InChI=1S/C13H16N4O/c1-18-11-5-3-10(4-6-11)17-13-7-2-9(14)8-12(13)15-16-17/h3-6,9H,2,7-8,14H2,1H3. The monoisotopic (exact) mass is 244 g/mol. The summed E-state index contributed by atoms with van der Waals surface area (Å²) >= 11 is 0. The van der Waals surface area contributed by atoms with Crippen molar-refractivity contribution >= 4 is 0 Å². The maximum absolute atomic E-state index is 5.94. The summed E-state index contributed by atoms with van der Waals surface area (Å²) in [5, 5.41) is 8.46. The van der Waals surface area contributed by atoms with Crippen molar-refractivity contribution < 1.29 is 4.74 Å². The number of ether oxygens (including phenoxy) is 1. The molecule has 1 heterocycles. The van der Waals surface area contributed by atoms with E-state index in [2.05, 4.69) is 10.3 Å². The van der Waals surface area contributed by atoms with E-state index in [1.165, 1.54) is 5.69 Å².